The summed E-state index contributed by atoms with van der Waals surface area (Å²) in [7, 11) is 0.113. The SMILES string of the molecule is Cc1cp(C)c(C)c1C. The van der Waals surface area contributed by atoms with E-state index in [2.05, 4.69) is 33.2 Å². The molecule has 0 aromatic carbocycles. The molecular weight excluding hydrogens is 127 g/mol. The zero-order chi connectivity index (χ0) is 7.02. The molecule has 1 aromatic heterocycles. The van der Waals surface area contributed by atoms with Gasteiger partial charge in [-0.05, 0) is 49.7 Å². The maximum atomic E-state index is 2.39. The van der Waals surface area contributed by atoms with Gasteiger partial charge in [-0.25, -0.2) is 0 Å². The summed E-state index contributed by atoms with van der Waals surface area (Å²) in [6, 6.07) is 0. The molecule has 0 amide bonds. The maximum absolute atomic E-state index is 2.39. The Balaban J connectivity index is 3.29. The van der Waals surface area contributed by atoms with Gasteiger partial charge in [-0.1, -0.05) is 0 Å². The first-order chi connectivity index (χ1) is 4.13. The maximum Gasteiger partial charge on any atom is -0.0256 e. The Morgan fingerprint density at radius 2 is 1.78 bits per heavy atom. The van der Waals surface area contributed by atoms with E-state index in [0.717, 1.165) is 0 Å². The number of hydrogen-bond acceptors (Lipinski definition) is 0. The Hall–Kier alpha value is -0.220. The van der Waals surface area contributed by atoms with Crippen molar-refractivity contribution < 1.29 is 0 Å². The van der Waals surface area contributed by atoms with Gasteiger partial charge in [-0.3, -0.25) is 0 Å². The highest BCUT2D eigenvalue weighted by molar-refractivity contribution is 7.48. The minimum absolute atomic E-state index is 0.113. The van der Waals surface area contributed by atoms with Gasteiger partial charge in [0.05, 0.1) is 0 Å². The van der Waals surface area contributed by atoms with E-state index in [1.54, 1.807) is 5.30 Å². The fourth-order valence-electron chi connectivity index (χ4n) is 1.03. The number of rotatable bonds is 0. The van der Waals surface area contributed by atoms with Crippen LogP contribution in [-0.2, 0) is 6.66 Å². The highest BCUT2D eigenvalue weighted by atomic mass is 31.1. The van der Waals surface area contributed by atoms with E-state index in [-0.39, 0.29) is 7.53 Å². The van der Waals surface area contributed by atoms with Crippen LogP contribution in [0.15, 0.2) is 5.80 Å². The van der Waals surface area contributed by atoms with Crippen molar-refractivity contribution in [2.75, 3.05) is 0 Å². The van der Waals surface area contributed by atoms with Crippen LogP contribution in [0.1, 0.15) is 16.4 Å². The third-order valence-corrected chi connectivity index (χ3v) is 4.22. The first-order valence-corrected chi connectivity index (χ1v) is 5.08. The lowest BCUT2D eigenvalue weighted by molar-refractivity contribution is 1.35. The Morgan fingerprint density at radius 1 is 1.22 bits per heavy atom. The molecule has 0 aliphatic rings. The molecular formula is C8H13P. The zero-order valence-corrected chi connectivity index (χ0v) is 7.42. The van der Waals surface area contributed by atoms with Crippen LogP contribution < -0.4 is 0 Å². The lowest BCUT2D eigenvalue weighted by Gasteiger charge is -1.90. The van der Waals surface area contributed by atoms with Gasteiger partial charge in [0, 0.05) is 0 Å². The summed E-state index contributed by atoms with van der Waals surface area (Å²) in [5.74, 6) is 2.39. The topological polar surface area (TPSA) is 0 Å². The third kappa shape index (κ3) is 1.04. The molecule has 1 atom stereocenters. The summed E-state index contributed by atoms with van der Waals surface area (Å²) in [5.41, 5.74) is 3.00. The van der Waals surface area contributed by atoms with Crippen LogP contribution in [0, 0.1) is 20.8 Å². The van der Waals surface area contributed by atoms with Crippen LogP contribution in [0.2, 0.25) is 0 Å². The van der Waals surface area contributed by atoms with Gasteiger partial charge in [0.25, 0.3) is 0 Å². The molecule has 1 heteroatoms. The fraction of sp³-hybridized carbons (Fsp3) is 0.500. The summed E-state index contributed by atoms with van der Waals surface area (Å²) >= 11 is 0. The van der Waals surface area contributed by atoms with E-state index in [0.29, 0.717) is 0 Å². The summed E-state index contributed by atoms with van der Waals surface area (Å²) in [6.45, 7) is 8.97. The lowest BCUT2D eigenvalue weighted by atomic mass is 10.2. The second-order valence-electron chi connectivity index (χ2n) is 2.63. The smallest absolute Gasteiger partial charge is 0.0256 e. The van der Waals surface area contributed by atoms with E-state index >= 15 is 0 Å². The number of hydrogen-bond donors (Lipinski definition) is 0. The molecule has 0 saturated carbocycles. The molecule has 0 fully saturated rings. The predicted molar refractivity (Wildman–Crippen MR) is 44.3 cm³/mol. The van der Waals surface area contributed by atoms with Gasteiger partial charge in [-0.15, -0.1) is 7.53 Å². The second-order valence-corrected chi connectivity index (χ2v) is 4.78. The Labute approximate surface area is 58.0 Å². The van der Waals surface area contributed by atoms with Crippen molar-refractivity contribution in [2.45, 2.75) is 20.8 Å². The van der Waals surface area contributed by atoms with Gasteiger partial charge in [-0.2, -0.15) is 0 Å². The highest BCUT2D eigenvalue weighted by Crippen LogP contribution is 2.34. The normalized spacial score (nSPS) is 12.2. The molecule has 0 nitrogen and oxygen atoms in total. The quantitative estimate of drug-likeness (QED) is 0.519. The van der Waals surface area contributed by atoms with E-state index in [1.165, 1.54) is 11.1 Å². The van der Waals surface area contributed by atoms with E-state index in [4.69, 9.17) is 0 Å². The minimum Gasteiger partial charge on any atom is -0.125 e. The zero-order valence-electron chi connectivity index (χ0n) is 6.52. The molecule has 0 aliphatic carbocycles. The average molecular weight is 140 g/mol. The summed E-state index contributed by atoms with van der Waals surface area (Å²) < 4.78 is 0. The van der Waals surface area contributed by atoms with Crippen LogP contribution in [0.5, 0.6) is 0 Å². The summed E-state index contributed by atoms with van der Waals surface area (Å²) in [5, 5.41) is 1.60. The average Bonchev–Trinajstić information content (AvgIpc) is 1.98. The van der Waals surface area contributed by atoms with Crippen molar-refractivity contribution >= 4 is 7.53 Å². The van der Waals surface area contributed by atoms with Crippen molar-refractivity contribution in [1.82, 2.24) is 0 Å². The largest absolute Gasteiger partial charge is 0.125 e. The Kier molecular flexibility index (Phi) is 1.68. The molecule has 0 spiro atoms. The van der Waals surface area contributed by atoms with Gasteiger partial charge >= 0.3 is 0 Å². The standard InChI is InChI=1S/C8H13P/c1-6-5-9(4)8(3)7(6)2/h5H,1-4H3. The molecule has 9 heavy (non-hydrogen) atoms. The van der Waals surface area contributed by atoms with Crippen molar-refractivity contribution in [1.29, 1.82) is 0 Å². The van der Waals surface area contributed by atoms with E-state index in [9.17, 15) is 0 Å². The summed E-state index contributed by atoms with van der Waals surface area (Å²) in [4.78, 5) is 0. The van der Waals surface area contributed by atoms with Gasteiger partial charge < -0.3 is 0 Å². The molecule has 1 heterocycles. The first-order valence-electron chi connectivity index (χ1n) is 3.22. The molecule has 0 saturated heterocycles. The highest BCUT2D eigenvalue weighted by Gasteiger charge is 2.00. The second kappa shape index (κ2) is 2.19. The Morgan fingerprint density at radius 3 is 1.89 bits per heavy atom. The Bertz CT molecular complexity index is 198. The van der Waals surface area contributed by atoms with Crippen molar-refractivity contribution in [2.24, 2.45) is 6.66 Å². The number of aryl methyl sites for hydroxylation is 2. The van der Waals surface area contributed by atoms with Gasteiger partial charge in [0.15, 0.2) is 0 Å². The summed E-state index contributed by atoms with van der Waals surface area (Å²) in [6.07, 6.45) is 0. The fourth-order valence-corrected chi connectivity index (χ4v) is 2.71. The predicted octanol–water partition coefficient (Wildman–Crippen LogP) is 3.14. The van der Waals surface area contributed by atoms with Crippen LogP contribution in [0.25, 0.3) is 0 Å². The molecule has 0 radical (unpaired) electrons. The lowest BCUT2D eigenvalue weighted by Crippen LogP contribution is -1.71. The molecule has 0 N–H and O–H groups in total. The minimum atomic E-state index is 0.113. The first kappa shape index (κ1) is 6.89. The van der Waals surface area contributed by atoms with Crippen molar-refractivity contribution in [3.05, 3.63) is 22.2 Å². The van der Waals surface area contributed by atoms with Gasteiger partial charge in [0.1, 0.15) is 0 Å². The molecule has 1 rings (SSSR count). The third-order valence-electron chi connectivity index (χ3n) is 2.05. The van der Waals surface area contributed by atoms with Crippen LogP contribution >= 0.6 is 7.53 Å². The van der Waals surface area contributed by atoms with Crippen LogP contribution in [0.4, 0.5) is 0 Å². The van der Waals surface area contributed by atoms with Crippen molar-refractivity contribution in [3.63, 3.8) is 0 Å². The molecule has 50 valence electrons. The van der Waals surface area contributed by atoms with Gasteiger partial charge in [0.2, 0.25) is 0 Å². The monoisotopic (exact) mass is 140 g/mol. The van der Waals surface area contributed by atoms with Crippen LogP contribution in [0.3, 0.4) is 0 Å². The molecule has 0 aliphatic heterocycles. The van der Waals surface area contributed by atoms with Crippen LogP contribution in [-0.4, -0.2) is 0 Å². The molecule has 1 unspecified atom stereocenters. The van der Waals surface area contributed by atoms with E-state index in [1.807, 2.05) is 0 Å². The molecule has 1 aromatic rings. The van der Waals surface area contributed by atoms with Crippen molar-refractivity contribution in [3.8, 4) is 0 Å². The van der Waals surface area contributed by atoms with E-state index < -0.39 is 0 Å². The molecule has 0 bridgehead atoms.